The van der Waals surface area contributed by atoms with Crippen molar-refractivity contribution < 1.29 is 13.9 Å². The summed E-state index contributed by atoms with van der Waals surface area (Å²) in [5.74, 6) is -0.806. The number of esters is 1. The predicted octanol–water partition coefficient (Wildman–Crippen LogP) is 1.75. The van der Waals surface area contributed by atoms with Gasteiger partial charge in [0, 0.05) is 12.4 Å². The molecular weight excluding hydrogens is 294 g/mol. The van der Waals surface area contributed by atoms with Crippen LogP contribution in [-0.4, -0.2) is 37.4 Å². The van der Waals surface area contributed by atoms with E-state index in [4.69, 9.17) is 9.15 Å². The third-order valence-electron chi connectivity index (χ3n) is 2.52. The third-order valence-corrected chi connectivity index (χ3v) is 3.36. The summed E-state index contributed by atoms with van der Waals surface area (Å²) >= 11 is 1.17. The lowest BCUT2D eigenvalue weighted by Crippen LogP contribution is -2.04. The minimum atomic E-state index is -0.636. The van der Waals surface area contributed by atoms with Crippen molar-refractivity contribution in [3.8, 4) is 0 Å². The van der Waals surface area contributed by atoms with Crippen LogP contribution in [0.4, 0.5) is 0 Å². The first-order valence-corrected chi connectivity index (χ1v) is 6.98. The quantitative estimate of drug-likeness (QED) is 0.673. The van der Waals surface area contributed by atoms with E-state index < -0.39 is 5.97 Å². The Morgan fingerprint density at radius 2 is 2.33 bits per heavy atom. The van der Waals surface area contributed by atoms with E-state index in [2.05, 4.69) is 20.3 Å². The molecule has 3 aromatic heterocycles. The van der Waals surface area contributed by atoms with Gasteiger partial charge in [0.25, 0.3) is 5.22 Å². The topological polar surface area (TPSA) is 95.4 Å². The second-order valence-electron chi connectivity index (χ2n) is 4.04. The van der Waals surface area contributed by atoms with E-state index in [0.29, 0.717) is 5.03 Å². The van der Waals surface area contributed by atoms with Crippen LogP contribution in [0.5, 0.6) is 0 Å². The molecule has 0 saturated heterocycles. The van der Waals surface area contributed by atoms with Gasteiger partial charge in [-0.2, -0.15) is 5.10 Å². The van der Waals surface area contributed by atoms with Crippen molar-refractivity contribution in [3.05, 3.63) is 30.0 Å². The van der Waals surface area contributed by atoms with Crippen LogP contribution in [0.3, 0.4) is 0 Å². The van der Waals surface area contributed by atoms with Gasteiger partial charge in [0.05, 0.1) is 17.8 Å². The Labute approximate surface area is 123 Å². The van der Waals surface area contributed by atoms with Crippen LogP contribution in [0.2, 0.25) is 0 Å². The van der Waals surface area contributed by atoms with Gasteiger partial charge in [0.1, 0.15) is 5.03 Å². The van der Waals surface area contributed by atoms with Gasteiger partial charge in [-0.25, -0.2) is 14.3 Å². The zero-order valence-electron chi connectivity index (χ0n) is 11.3. The van der Waals surface area contributed by atoms with Crippen LogP contribution in [0.15, 0.2) is 33.1 Å². The van der Waals surface area contributed by atoms with E-state index in [1.807, 2.05) is 13.0 Å². The molecule has 0 N–H and O–H groups in total. The highest BCUT2D eigenvalue weighted by atomic mass is 32.2. The molecule has 0 spiro atoms. The summed E-state index contributed by atoms with van der Waals surface area (Å²) in [4.78, 5) is 15.7. The Morgan fingerprint density at radius 3 is 3.14 bits per heavy atom. The van der Waals surface area contributed by atoms with Gasteiger partial charge in [0.15, 0.2) is 0 Å². The van der Waals surface area contributed by atoms with E-state index in [1.165, 1.54) is 11.8 Å². The van der Waals surface area contributed by atoms with Gasteiger partial charge in [-0.15, -0.1) is 5.10 Å². The van der Waals surface area contributed by atoms with Gasteiger partial charge in [-0.3, -0.25) is 0 Å². The number of aryl methyl sites for hydroxylation is 1. The SMILES string of the molecule is CCOC(=O)c1nnc(Sc2nccn3nc(C)cc23)o1. The first-order valence-electron chi connectivity index (χ1n) is 6.17. The Morgan fingerprint density at radius 1 is 1.48 bits per heavy atom. The minimum Gasteiger partial charge on any atom is -0.459 e. The molecule has 0 aliphatic carbocycles. The molecule has 0 radical (unpaired) electrons. The molecule has 0 aliphatic heterocycles. The number of fused-ring (bicyclic) bond motifs is 1. The highest BCUT2D eigenvalue weighted by Gasteiger charge is 2.18. The van der Waals surface area contributed by atoms with E-state index >= 15 is 0 Å². The lowest BCUT2D eigenvalue weighted by molar-refractivity contribution is 0.0475. The number of carbonyl (C=O) groups is 1. The molecule has 3 rings (SSSR count). The molecule has 0 fully saturated rings. The first-order chi connectivity index (χ1) is 10.2. The average Bonchev–Trinajstić information content (AvgIpc) is 3.05. The molecule has 0 aliphatic rings. The monoisotopic (exact) mass is 305 g/mol. The fraction of sp³-hybridized carbons (Fsp3) is 0.250. The maximum atomic E-state index is 11.5. The summed E-state index contributed by atoms with van der Waals surface area (Å²) in [6, 6.07) is 1.90. The first kappa shape index (κ1) is 13.6. The van der Waals surface area contributed by atoms with Crippen LogP contribution >= 0.6 is 11.8 Å². The number of aromatic nitrogens is 5. The lowest BCUT2D eigenvalue weighted by atomic mass is 10.4. The zero-order chi connectivity index (χ0) is 14.8. The molecule has 0 aromatic carbocycles. The Hall–Kier alpha value is -2.42. The zero-order valence-corrected chi connectivity index (χ0v) is 12.1. The number of nitrogens with zero attached hydrogens (tertiary/aromatic N) is 5. The van der Waals surface area contributed by atoms with Gasteiger partial charge >= 0.3 is 11.9 Å². The van der Waals surface area contributed by atoms with Crippen molar-refractivity contribution in [1.82, 2.24) is 24.8 Å². The average molecular weight is 305 g/mol. The smallest absolute Gasteiger partial charge is 0.396 e. The van der Waals surface area contributed by atoms with Crippen LogP contribution in [0, 0.1) is 6.92 Å². The summed E-state index contributed by atoms with van der Waals surface area (Å²) in [5.41, 5.74) is 1.71. The van der Waals surface area contributed by atoms with Crippen LogP contribution in [0.25, 0.3) is 5.52 Å². The second kappa shape index (κ2) is 5.52. The summed E-state index contributed by atoms with van der Waals surface area (Å²) < 4.78 is 11.8. The fourth-order valence-electron chi connectivity index (χ4n) is 1.71. The molecule has 0 unspecified atom stereocenters. The normalized spacial score (nSPS) is 11.0. The van der Waals surface area contributed by atoms with Gasteiger partial charge in [0.2, 0.25) is 0 Å². The second-order valence-corrected chi connectivity index (χ2v) is 4.98. The van der Waals surface area contributed by atoms with Gasteiger partial charge in [-0.1, -0.05) is 5.10 Å². The highest BCUT2D eigenvalue weighted by Crippen LogP contribution is 2.28. The van der Waals surface area contributed by atoms with Crippen LogP contribution in [0.1, 0.15) is 23.3 Å². The molecule has 0 saturated carbocycles. The van der Waals surface area contributed by atoms with Crippen LogP contribution in [-0.2, 0) is 4.74 Å². The van der Waals surface area contributed by atoms with Crippen molar-refractivity contribution in [2.75, 3.05) is 6.61 Å². The van der Waals surface area contributed by atoms with Crippen molar-refractivity contribution in [3.63, 3.8) is 0 Å². The van der Waals surface area contributed by atoms with E-state index in [9.17, 15) is 4.79 Å². The van der Waals surface area contributed by atoms with Crippen LogP contribution < -0.4 is 0 Å². The van der Waals surface area contributed by atoms with Gasteiger partial charge in [-0.05, 0) is 31.7 Å². The fourth-order valence-corrected chi connectivity index (χ4v) is 2.45. The Bertz CT molecular complexity index is 797. The maximum Gasteiger partial charge on any atom is 0.396 e. The van der Waals surface area contributed by atoms with E-state index in [-0.39, 0.29) is 17.7 Å². The molecule has 21 heavy (non-hydrogen) atoms. The number of ether oxygens (including phenoxy) is 1. The molecule has 3 aromatic rings. The molecule has 108 valence electrons. The summed E-state index contributed by atoms with van der Waals surface area (Å²) in [6.07, 6.45) is 3.38. The number of carbonyl (C=O) groups excluding carboxylic acids is 1. The van der Waals surface area contributed by atoms with Gasteiger partial charge < -0.3 is 9.15 Å². The molecule has 3 heterocycles. The Balaban J connectivity index is 1.87. The highest BCUT2D eigenvalue weighted by molar-refractivity contribution is 7.99. The van der Waals surface area contributed by atoms with E-state index in [0.717, 1.165) is 11.2 Å². The third kappa shape index (κ3) is 2.72. The molecule has 8 nitrogen and oxygen atoms in total. The molecular formula is C12H11N5O3S. The van der Waals surface area contributed by atoms with E-state index in [1.54, 1.807) is 23.8 Å². The summed E-state index contributed by atoms with van der Waals surface area (Å²) in [5, 5.41) is 12.6. The molecule has 0 amide bonds. The largest absolute Gasteiger partial charge is 0.459 e. The predicted molar refractivity (Wildman–Crippen MR) is 72.1 cm³/mol. The molecule has 0 atom stereocenters. The van der Waals surface area contributed by atoms with Crippen molar-refractivity contribution in [2.24, 2.45) is 0 Å². The molecule has 9 heteroatoms. The van der Waals surface area contributed by atoms with Crippen molar-refractivity contribution >= 4 is 23.2 Å². The summed E-state index contributed by atoms with van der Waals surface area (Å²) in [7, 11) is 0. The maximum absolute atomic E-state index is 11.5. The number of hydrogen-bond donors (Lipinski definition) is 0. The number of rotatable bonds is 4. The Kier molecular flexibility index (Phi) is 3.57. The molecule has 0 bridgehead atoms. The summed E-state index contributed by atoms with van der Waals surface area (Å²) in [6.45, 7) is 3.85. The van der Waals surface area contributed by atoms with Crippen molar-refractivity contribution in [2.45, 2.75) is 24.1 Å². The standard InChI is InChI=1S/C12H11N5O3S/c1-3-19-11(18)9-14-15-12(20-9)21-10-8-6-7(2)16-17(8)5-4-13-10/h4-6H,3H2,1-2H3. The van der Waals surface area contributed by atoms with Crippen molar-refractivity contribution in [1.29, 1.82) is 0 Å². The number of hydrogen-bond acceptors (Lipinski definition) is 8. The lowest BCUT2D eigenvalue weighted by Gasteiger charge is -1.98. The minimum absolute atomic E-state index is 0.170.